The van der Waals surface area contributed by atoms with E-state index in [1.807, 2.05) is 30.1 Å². The average Bonchev–Trinajstić information content (AvgIpc) is 2.78. The van der Waals surface area contributed by atoms with Crippen molar-refractivity contribution in [3.8, 4) is 5.75 Å². The van der Waals surface area contributed by atoms with Gasteiger partial charge in [-0.15, -0.1) is 0 Å². The molecular weight excluding hydrogens is 250 g/mol. The van der Waals surface area contributed by atoms with Crippen molar-refractivity contribution in [1.82, 2.24) is 15.1 Å². The van der Waals surface area contributed by atoms with Crippen molar-refractivity contribution >= 4 is 0 Å². The maximum atomic E-state index is 5.79. The quantitative estimate of drug-likeness (QED) is 0.932. The van der Waals surface area contributed by atoms with Gasteiger partial charge in [-0.1, -0.05) is 25.1 Å². The van der Waals surface area contributed by atoms with E-state index in [-0.39, 0.29) is 0 Å². The van der Waals surface area contributed by atoms with E-state index in [2.05, 4.69) is 36.4 Å². The molecular formula is C16H21N3O. The van der Waals surface area contributed by atoms with Crippen molar-refractivity contribution < 1.29 is 4.74 Å². The van der Waals surface area contributed by atoms with Crippen molar-refractivity contribution in [2.24, 2.45) is 13.0 Å². The number of benzene rings is 1. The number of ether oxygens (including phenoxy) is 1. The fourth-order valence-electron chi connectivity index (χ4n) is 2.74. The minimum absolute atomic E-state index is 0.333. The highest BCUT2D eigenvalue weighted by atomic mass is 16.5. The van der Waals surface area contributed by atoms with E-state index in [4.69, 9.17) is 4.74 Å². The topological polar surface area (TPSA) is 39.1 Å². The van der Waals surface area contributed by atoms with Gasteiger partial charge in [0.2, 0.25) is 0 Å². The van der Waals surface area contributed by atoms with Gasteiger partial charge in [-0.3, -0.25) is 4.68 Å². The van der Waals surface area contributed by atoms with E-state index in [1.54, 1.807) is 0 Å². The molecule has 0 aliphatic carbocycles. The number of rotatable bonds is 3. The molecule has 2 aromatic rings. The van der Waals surface area contributed by atoms with Gasteiger partial charge in [0.05, 0.1) is 12.8 Å². The summed E-state index contributed by atoms with van der Waals surface area (Å²) in [4.78, 5) is 0. The third-order valence-corrected chi connectivity index (χ3v) is 4.17. The standard InChI is InChI=1S/C16H21N3O/c1-11-10-20-15-7-5-4-6-14(15)16(11)17-8-13-9-18-19(3)12(13)2/h4-7,9,11,16-17H,8,10H2,1-3H3. The van der Waals surface area contributed by atoms with Crippen LogP contribution < -0.4 is 10.1 Å². The number of nitrogens with one attached hydrogen (secondary N) is 1. The molecule has 0 radical (unpaired) electrons. The van der Waals surface area contributed by atoms with Crippen LogP contribution in [0.1, 0.15) is 29.8 Å². The van der Waals surface area contributed by atoms with Gasteiger partial charge in [0.15, 0.2) is 0 Å². The second-order valence-electron chi connectivity index (χ2n) is 5.56. The lowest BCUT2D eigenvalue weighted by Gasteiger charge is -2.32. The number of nitrogens with zero attached hydrogens (tertiary/aromatic N) is 2. The summed E-state index contributed by atoms with van der Waals surface area (Å²) in [6.45, 7) is 5.93. The third-order valence-electron chi connectivity index (χ3n) is 4.17. The van der Waals surface area contributed by atoms with E-state index < -0.39 is 0 Å². The molecule has 0 bridgehead atoms. The van der Waals surface area contributed by atoms with Crippen LogP contribution in [0.4, 0.5) is 0 Å². The van der Waals surface area contributed by atoms with Crippen LogP contribution in [0.25, 0.3) is 0 Å². The lowest BCUT2D eigenvalue weighted by atomic mass is 9.92. The minimum Gasteiger partial charge on any atom is -0.493 e. The van der Waals surface area contributed by atoms with Gasteiger partial charge in [-0.25, -0.2) is 0 Å². The molecule has 1 aliphatic heterocycles. The highest BCUT2D eigenvalue weighted by molar-refractivity contribution is 5.38. The van der Waals surface area contributed by atoms with Crippen LogP contribution >= 0.6 is 0 Å². The maximum Gasteiger partial charge on any atom is 0.124 e. The Bertz CT molecular complexity index is 606. The molecule has 3 rings (SSSR count). The number of hydrogen-bond donors (Lipinski definition) is 1. The molecule has 1 aromatic carbocycles. The fourth-order valence-corrected chi connectivity index (χ4v) is 2.74. The van der Waals surface area contributed by atoms with Gasteiger partial charge in [-0.2, -0.15) is 5.10 Å². The fraction of sp³-hybridized carbons (Fsp3) is 0.438. The van der Waals surface area contributed by atoms with E-state index in [0.717, 1.165) is 18.9 Å². The van der Waals surface area contributed by atoms with Crippen molar-refractivity contribution in [2.45, 2.75) is 26.4 Å². The largest absolute Gasteiger partial charge is 0.493 e. The molecule has 4 nitrogen and oxygen atoms in total. The molecule has 0 amide bonds. The van der Waals surface area contributed by atoms with Crippen LogP contribution in [-0.4, -0.2) is 16.4 Å². The number of aryl methyl sites for hydroxylation is 1. The summed E-state index contributed by atoms with van der Waals surface area (Å²) >= 11 is 0. The average molecular weight is 271 g/mol. The first-order valence-electron chi connectivity index (χ1n) is 7.09. The molecule has 2 atom stereocenters. The van der Waals surface area contributed by atoms with Crippen LogP contribution in [0.15, 0.2) is 30.5 Å². The van der Waals surface area contributed by atoms with E-state index in [1.165, 1.54) is 16.8 Å². The molecule has 0 saturated heterocycles. The van der Waals surface area contributed by atoms with E-state index in [9.17, 15) is 0 Å². The third kappa shape index (κ3) is 2.31. The lowest BCUT2D eigenvalue weighted by molar-refractivity contribution is 0.188. The van der Waals surface area contributed by atoms with Gasteiger partial charge in [0.1, 0.15) is 5.75 Å². The summed E-state index contributed by atoms with van der Waals surface area (Å²) in [6.07, 6.45) is 1.94. The molecule has 0 fully saturated rings. The first kappa shape index (κ1) is 13.2. The minimum atomic E-state index is 0.333. The number of para-hydroxylation sites is 1. The van der Waals surface area contributed by atoms with Gasteiger partial charge < -0.3 is 10.1 Å². The second-order valence-corrected chi connectivity index (χ2v) is 5.56. The summed E-state index contributed by atoms with van der Waals surface area (Å²) in [5.74, 6) is 1.47. The van der Waals surface area contributed by atoms with Crippen LogP contribution in [0, 0.1) is 12.8 Å². The Morgan fingerprint density at radius 1 is 1.40 bits per heavy atom. The number of fused-ring (bicyclic) bond motifs is 1. The number of hydrogen-bond acceptors (Lipinski definition) is 3. The molecule has 4 heteroatoms. The van der Waals surface area contributed by atoms with Crippen LogP contribution in [-0.2, 0) is 13.6 Å². The Kier molecular flexibility index (Phi) is 3.49. The van der Waals surface area contributed by atoms with Crippen molar-refractivity contribution in [3.63, 3.8) is 0 Å². The summed E-state index contributed by atoms with van der Waals surface area (Å²) < 4.78 is 7.70. The molecule has 1 aromatic heterocycles. The van der Waals surface area contributed by atoms with Crippen LogP contribution in [0.2, 0.25) is 0 Å². The van der Waals surface area contributed by atoms with Gasteiger partial charge in [0.25, 0.3) is 0 Å². The Morgan fingerprint density at radius 2 is 2.20 bits per heavy atom. The first-order chi connectivity index (χ1) is 9.66. The van der Waals surface area contributed by atoms with Gasteiger partial charge >= 0.3 is 0 Å². The molecule has 20 heavy (non-hydrogen) atoms. The summed E-state index contributed by atoms with van der Waals surface area (Å²) in [5, 5.41) is 7.96. The molecule has 1 N–H and O–H groups in total. The SMILES string of the molecule is Cc1c(CNC2c3ccccc3OCC2C)cnn1C. The monoisotopic (exact) mass is 271 g/mol. The normalized spacial score (nSPS) is 21.4. The predicted octanol–water partition coefficient (Wildman–Crippen LogP) is 2.59. The van der Waals surface area contributed by atoms with Gasteiger partial charge in [-0.05, 0) is 13.0 Å². The summed E-state index contributed by atoms with van der Waals surface area (Å²) in [6, 6.07) is 8.63. The summed E-state index contributed by atoms with van der Waals surface area (Å²) in [7, 11) is 1.98. The zero-order valence-electron chi connectivity index (χ0n) is 12.3. The van der Waals surface area contributed by atoms with Crippen LogP contribution in [0.3, 0.4) is 0 Å². The van der Waals surface area contributed by atoms with Crippen molar-refractivity contribution in [1.29, 1.82) is 0 Å². The molecule has 1 aliphatic rings. The highest BCUT2D eigenvalue weighted by Crippen LogP contribution is 2.35. The van der Waals surface area contributed by atoms with Gasteiger partial charge in [0, 0.05) is 42.4 Å². The Morgan fingerprint density at radius 3 is 2.95 bits per heavy atom. The molecule has 2 unspecified atom stereocenters. The predicted molar refractivity (Wildman–Crippen MR) is 78.6 cm³/mol. The van der Waals surface area contributed by atoms with Crippen molar-refractivity contribution in [2.75, 3.05) is 6.61 Å². The van der Waals surface area contributed by atoms with E-state index >= 15 is 0 Å². The lowest BCUT2D eigenvalue weighted by Crippen LogP contribution is -2.33. The number of aromatic nitrogens is 2. The van der Waals surface area contributed by atoms with Crippen molar-refractivity contribution in [3.05, 3.63) is 47.3 Å². The maximum absolute atomic E-state index is 5.79. The highest BCUT2D eigenvalue weighted by Gasteiger charge is 2.27. The summed E-state index contributed by atoms with van der Waals surface area (Å²) in [5.41, 5.74) is 3.72. The zero-order valence-corrected chi connectivity index (χ0v) is 12.3. The second kappa shape index (κ2) is 5.29. The Labute approximate surface area is 119 Å². The molecule has 0 saturated carbocycles. The Balaban J connectivity index is 1.78. The zero-order chi connectivity index (χ0) is 14.1. The van der Waals surface area contributed by atoms with E-state index in [0.29, 0.717) is 12.0 Å². The molecule has 106 valence electrons. The van der Waals surface area contributed by atoms with Crippen LogP contribution in [0.5, 0.6) is 5.75 Å². The molecule has 2 heterocycles. The first-order valence-corrected chi connectivity index (χ1v) is 7.09. The Hall–Kier alpha value is -1.81. The smallest absolute Gasteiger partial charge is 0.124 e. The molecule has 0 spiro atoms.